The molecule has 160 valence electrons. The van der Waals surface area contributed by atoms with E-state index in [0.29, 0.717) is 28.0 Å². The van der Waals surface area contributed by atoms with Crippen LogP contribution >= 0.6 is 11.3 Å². The highest BCUT2D eigenvalue weighted by Crippen LogP contribution is 2.37. The Morgan fingerprint density at radius 3 is 2.65 bits per heavy atom. The van der Waals surface area contributed by atoms with Crippen molar-refractivity contribution in [1.29, 1.82) is 0 Å². The van der Waals surface area contributed by atoms with Crippen molar-refractivity contribution in [2.24, 2.45) is 0 Å². The lowest BCUT2D eigenvalue weighted by Gasteiger charge is -2.09. The summed E-state index contributed by atoms with van der Waals surface area (Å²) < 4.78 is 47.2. The lowest BCUT2D eigenvalue weighted by Crippen LogP contribution is -2.16. The van der Waals surface area contributed by atoms with Gasteiger partial charge in [-0.1, -0.05) is 0 Å². The van der Waals surface area contributed by atoms with Gasteiger partial charge in [0.2, 0.25) is 0 Å². The molecule has 9 heteroatoms. The van der Waals surface area contributed by atoms with Gasteiger partial charge in [0.1, 0.15) is 17.2 Å². The Kier molecular flexibility index (Phi) is 4.65. The van der Waals surface area contributed by atoms with Crippen molar-refractivity contribution in [3.8, 4) is 11.4 Å². The summed E-state index contributed by atoms with van der Waals surface area (Å²) >= 11 is 0.633. The third kappa shape index (κ3) is 3.85. The van der Waals surface area contributed by atoms with Gasteiger partial charge in [-0.05, 0) is 56.2 Å². The molecule has 1 fully saturated rings. The molecule has 0 atom stereocenters. The van der Waals surface area contributed by atoms with Crippen LogP contribution in [0.3, 0.4) is 0 Å². The number of aromatic nitrogens is 3. The van der Waals surface area contributed by atoms with E-state index in [4.69, 9.17) is 4.74 Å². The number of rotatable bonds is 5. The number of nitrogens with zero attached hydrogens (tertiary/aromatic N) is 3. The minimum Gasteiger partial charge on any atom is -0.488 e. The summed E-state index contributed by atoms with van der Waals surface area (Å²) in [6, 6.07) is 11.6. The molecule has 3 aromatic heterocycles. The fourth-order valence-electron chi connectivity index (χ4n) is 3.57. The second-order valence-corrected chi connectivity index (χ2v) is 8.75. The molecule has 0 saturated heterocycles. The molecule has 0 N–H and O–H groups in total. The Labute approximate surface area is 179 Å². The summed E-state index contributed by atoms with van der Waals surface area (Å²) in [5.41, 5.74) is 2.42. The van der Waals surface area contributed by atoms with Crippen molar-refractivity contribution >= 4 is 22.2 Å². The van der Waals surface area contributed by atoms with Crippen molar-refractivity contribution < 1.29 is 17.9 Å². The van der Waals surface area contributed by atoms with Crippen LogP contribution in [0.1, 0.15) is 34.3 Å². The van der Waals surface area contributed by atoms with Crippen LogP contribution in [0, 0.1) is 6.92 Å². The third-order valence-electron chi connectivity index (χ3n) is 5.31. The molecule has 1 saturated carbocycles. The highest BCUT2D eigenvalue weighted by molar-refractivity contribution is 7.12. The van der Waals surface area contributed by atoms with Crippen LogP contribution in [0.4, 0.5) is 13.2 Å². The number of halogens is 3. The molecular weight excluding hydrogens is 427 g/mol. The molecule has 0 radical (unpaired) electrons. The third-order valence-corrected chi connectivity index (χ3v) is 6.42. The minimum absolute atomic E-state index is 0.0320. The van der Waals surface area contributed by atoms with Gasteiger partial charge in [0.15, 0.2) is 0 Å². The Bertz CT molecular complexity index is 1330. The number of fused-ring (bicyclic) bond motifs is 1. The quantitative estimate of drug-likeness (QED) is 0.408. The molecule has 1 aliphatic rings. The lowest BCUT2D eigenvalue weighted by molar-refractivity contribution is -0.134. The van der Waals surface area contributed by atoms with E-state index in [1.165, 1.54) is 16.7 Å². The van der Waals surface area contributed by atoms with Gasteiger partial charge in [0.05, 0.1) is 11.6 Å². The average molecular weight is 445 g/mol. The van der Waals surface area contributed by atoms with Crippen LogP contribution in [0.15, 0.2) is 53.5 Å². The molecule has 5 rings (SSSR count). The molecule has 31 heavy (non-hydrogen) atoms. The van der Waals surface area contributed by atoms with Crippen molar-refractivity contribution in [1.82, 2.24) is 14.3 Å². The molecule has 5 nitrogen and oxygen atoms in total. The first-order chi connectivity index (χ1) is 14.8. The van der Waals surface area contributed by atoms with Gasteiger partial charge in [-0.2, -0.15) is 18.3 Å². The summed E-state index contributed by atoms with van der Waals surface area (Å²) in [6.07, 6.45) is -0.468. The number of hydrogen-bond acceptors (Lipinski definition) is 4. The van der Waals surface area contributed by atoms with Gasteiger partial charge in [0.25, 0.3) is 5.56 Å². The van der Waals surface area contributed by atoms with Crippen LogP contribution in [0.25, 0.3) is 16.6 Å². The van der Waals surface area contributed by atoms with Crippen molar-refractivity contribution in [3.63, 3.8) is 0 Å². The molecular formula is C22H18F3N3O2S. The fourth-order valence-corrected chi connectivity index (χ4v) is 4.35. The fraction of sp³-hybridized carbons (Fsp3) is 0.273. The van der Waals surface area contributed by atoms with E-state index in [9.17, 15) is 18.0 Å². The number of thiophene rings is 1. The molecule has 3 heterocycles. The van der Waals surface area contributed by atoms with E-state index in [1.54, 1.807) is 12.3 Å². The maximum Gasteiger partial charge on any atom is 0.425 e. The van der Waals surface area contributed by atoms with Crippen LogP contribution in [-0.4, -0.2) is 14.3 Å². The van der Waals surface area contributed by atoms with E-state index in [1.807, 2.05) is 25.1 Å². The van der Waals surface area contributed by atoms with E-state index < -0.39 is 11.1 Å². The Morgan fingerprint density at radius 1 is 1.16 bits per heavy atom. The molecule has 0 unspecified atom stereocenters. The molecule has 0 aliphatic heterocycles. The number of alkyl halides is 3. The van der Waals surface area contributed by atoms with Gasteiger partial charge in [-0.3, -0.25) is 14.0 Å². The standard InChI is InChI=1S/C22H18F3N3O2S/c1-13-18-10-15(4-6-19(18)26-28(13)14-2-3-14)27-9-8-16(11-21(27)29)30-12-17-5-7-20(31-17)22(23,24)25/h4-11,14H,2-3,12H2,1H3. The molecule has 0 amide bonds. The summed E-state index contributed by atoms with van der Waals surface area (Å²) in [4.78, 5) is 12.4. The van der Waals surface area contributed by atoms with Gasteiger partial charge in [0, 0.05) is 33.9 Å². The lowest BCUT2D eigenvalue weighted by atomic mass is 10.2. The van der Waals surface area contributed by atoms with Crippen LogP contribution < -0.4 is 10.3 Å². The Hall–Kier alpha value is -3.07. The summed E-state index contributed by atoms with van der Waals surface area (Å²) in [7, 11) is 0. The maximum absolute atomic E-state index is 12.7. The minimum atomic E-state index is -4.36. The van der Waals surface area contributed by atoms with E-state index >= 15 is 0 Å². The van der Waals surface area contributed by atoms with Gasteiger partial charge in [-0.15, -0.1) is 11.3 Å². The Balaban J connectivity index is 1.36. The molecule has 0 spiro atoms. The number of pyridine rings is 1. The zero-order chi connectivity index (χ0) is 21.8. The number of hydrogen-bond donors (Lipinski definition) is 0. The topological polar surface area (TPSA) is 49.1 Å². The second kappa shape index (κ2) is 7.26. The first-order valence-electron chi connectivity index (χ1n) is 9.80. The maximum atomic E-state index is 12.7. The summed E-state index contributed by atoms with van der Waals surface area (Å²) in [5.74, 6) is 0.307. The normalized spacial score (nSPS) is 14.3. The average Bonchev–Trinajstić information content (AvgIpc) is 3.35. The predicted octanol–water partition coefficient (Wildman–Crippen LogP) is 5.49. The molecule has 1 aromatic carbocycles. The van der Waals surface area contributed by atoms with Crippen LogP contribution in [0.5, 0.6) is 5.75 Å². The van der Waals surface area contributed by atoms with E-state index in [-0.39, 0.29) is 12.2 Å². The highest BCUT2D eigenvalue weighted by Gasteiger charge is 2.32. The number of benzene rings is 1. The SMILES string of the molecule is Cc1c2cc(-n3ccc(OCc4ccc(C(F)(F)F)s4)cc3=O)ccc2nn1C1CC1. The van der Waals surface area contributed by atoms with E-state index in [0.717, 1.165) is 41.2 Å². The number of ether oxygens (including phenoxy) is 1. The van der Waals surface area contributed by atoms with Crippen molar-refractivity contribution in [2.45, 2.75) is 38.6 Å². The van der Waals surface area contributed by atoms with E-state index in [2.05, 4.69) is 9.78 Å². The summed E-state index contributed by atoms with van der Waals surface area (Å²) in [5, 5.41) is 5.66. The van der Waals surface area contributed by atoms with Crippen LogP contribution in [-0.2, 0) is 12.8 Å². The van der Waals surface area contributed by atoms with Crippen molar-refractivity contribution in [2.75, 3.05) is 0 Å². The monoisotopic (exact) mass is 445 g/mol. The zero-order valence-corrected chi connectivity index (χ0v) is 17.3. The molecule has 0 bridgehead atoms. The second-order valence-electron chi connectivity index (χ2n) is 7.59. The van der Waals surface area contributed by atoms with Gasteiger partial charge >= 0.3 is 6.18 Å². The van der Waals surface area contributed by atoms with Gasteiger partial charge < -0.3 is 4.74 Å². The highest BCUT2D eigenvalue weighted by atomic mass is 32.1. The largest absolute Gasteiger partial charge is 0.488 e. The molecule has 4 aromatic rings. The number of aryl methyl sites for hydroxylation is 1. The molecule has 1 aliphatic carbocycles. The zero-order valence-electron chi connectivity index (χ0n) is 16.5. The first kappa shape index (κ1) is 19.9. The van der Waals surface area contributed by atoms with Crippen molar-refractivity contribution in [3.05, 3.63) is 74.5 Å². The smallest absolute Gasteiger partial charge is 0.425 e. The Morgan fingerprint density at radius 2 is 1.97 bits per heavy atom. The summed E-state index contributed by atoms with van der Waals surface area (Å²) in [6.45, 7) is 2.00. The first-order valence-corrected chi connectivity index (χ1v) is 10.6. The predicted molar refractivity (Wildman–Crippen MR) is 112 cm³/mol. The van der Waals surface area contributed by atoms with Crippen LogP contribution in [0.2, 0.25) is 0 Å². The van der Waals surface area contributed by atoms with Gasteiger partial charge in [-0.25, -0.2) is 0 Å².